The summed E-state index contributed by atoms with van der Waals surface area (Å²) in [6, 6.07) is 10.6. The molecule has 1 fully saturated rings. The molecule has 6 heteroatoms. The average molecular weight is 387 g/mol. The molecular formula is C21H30N4OS. The van der Waals surface area contributed by atoms with Crippen LogP contribution in [0.1, 0.15) is 51.4 Å². The standard InChI is InChI=1S/C21H30N4OS/c1-4-25-19(13-17-10-6-5-7-11-17)23-24-21(25)27-14-20(26)22-18-12-8-9-15(2)16(18)3/h5-7,10-11,15-16,18H,4,8-9,12-14H2,1-3H3,(H,22,26). The van der Waals surface area contributed by atoms with Crippen LogP contribution in [0.3, 0.4) is 0 Å². The van der Waals surface area contributed by atoms with E-state index in [-0.39, 0.29) is 5.91 Å². The van der Waals surface area contributed by atoms with E-state index in [1.165, 1.54) is 30.2 Å². The number of carbonyl (C=O) groups excluding carboxylic acids is 1. The first-order valence-corrected chi connectivity index (χ1v) is 10.9. The fourth-order valence-electron chi connectivity index (χ4n) is 3.82. The van der Waals surface area contributed by atoms with Gasteiger partial charge in [-0.25, -0.2) is 0 Å². The molecule has 3 atom stereocenters. The van der Waals surface area contributed by atoms with Crippen LogP contribution < -0.4 is 5.32 Å². The summed E-state index contributed by atoms with van der Waals surface area (Å²) in [5.74, 6) is 2.66. The molecule has 3 rings (SSSR count). The van der Waals surface area contributed by atoms with E-state index in [9.17, 15) is 4.79 Å². The Hall–Kier alpha value is -1.82. The van der Waals surface area contributed by atoms with Crippen molar-refractivity contribution in [3.63, 3.8) is 0 Å². The minimum atomic E-state index is 0.0983. The second-order valence-corrected chi connectivity index (χ2v) is 8.48. The van der Waals surface area contributed by atoms with Crippen LogP contribution in [0.15, 0.2) is 35.5 Å². The van der Waals surface area contributed by atoms with Crippen molar-refractivity contribution in [1.82, 2.24) is 20.1 Å². The van der Waals surface area contributed by atoms with E-state index in [1.54, 1.807) is 0 Å². The SMILES string of the molecule is CCn1c(Cc2ccccc2)nnc1SCC(=O)NC1CCCC(C)C1C. The van der Waals surface area contributed by atoms with Crippen molar-refractivity contribution in [3.8, 4) is 0 Å². The quantitative estimate of drug-likeness (QED) is 0.733. The Morgan fingerprint density at radius 1 is 1.22 bits per heavy atom. The second kappa shape index (κ2) is 9.40. The first-order valence-electron chi connectivity index (χ1n) is 9.96. The predicted octanol–water partition coefficient (Wildman–Crippen LogP) is 3.92. The van der Waals surface area contributed by atoms with Crippen molar-refractivity contribution in [3.05, 3.63) is 41.7 Å². The molecule has 1 aliphatic carbocycles. The van der Waals surface area contributed by atoms with Gasteiger partial charge in [-0.2, -0.15) is 0 Å². The van der Waals surface area contributed by atoms with Crippen molar-refractivity contribution in [2.45, 2.75) is 64.2 Å². The van der Waals surface area contributed by atoms with Crippen LogP contribution in [0, 0.1) is 11.8 Å². The molecule has 27 heavy (non-hydrogen) atoms. The van der Waals surface area contributed by atoms with Crippen LogP contribution in [-0.2, 0) is 17.8 Å². The fraction of sp³-hybridized carbons (Fsp3) is 0.571. The summed E-state index contributed by atoms with van der Waals surface area (Å²) >= 11 is 1.48. The number of hydrogen-bond donors (Lipinski definition) is 1. The zero-order valence-electron chi connectivity index (χ0n) is 16.5. The highest BCUT2D eigenvalue weighted by atomic mass is 32.2. The van der Waals surface area contributed by atoms with Gasteiger partial charge < -0.3 is 9.88 Å². The third-order valence-electron chi connectivity index (χ3n) is 5.70. The Kier molecular flexibility index (Phi) is 6.94. The molecule has 0 bridgehead atoms. The van der Waals surface area contributed by atoms with E-state index in [0.717, 1.165) is 30.4 Å². The lowest BCUT2D eigenvalue weighted by atomic mass is 9.78. The van der Waals surface area contributed by atoms with Crippen LogP contribution in [-0.4, -0.2) is 32.5 Å². The highest BCUT2D eigenvalue weighted by Crippen LogP contribution is 2.29. The van der Waals surface area contributed by atoms with Gasteiger partial charge in [0.1, 0.15) is 5.82 Å². The fourth-order valence-corrected chi connectivity index (χ4v) is 4.65. The van der Waals surface area contributed by atoms with Gasteiger partial charge in [-0.1, -0.05) is 68.8 Å². The van der Waals surface area contributed by atoms with Gasteiger partial charge in [0.05, 0.1) is 5.75 Å². The van der Waals surface area contributed by atoms with Gasteiger partial charge in [-0.15, -0.1) is 10.2 Å². The molecule has 1 aromatic heterocycles. The third-order valence-corrected chi connectivity index (χ3v) is 6.67. The highest BCUT2D eigenvalue weighted by molar-refractivity contribution is 7.99. The van der Waals surface area contributed by atoms with Crippen LogP contribution in [0.5, 0.6) is 0 Å². The number of nitrogens with zero attached hydrogens (tertiary/aromatic N) is 3. The topological polar surface area (TPSA) is 59.8 Å². The zero-order chi connectivity index (χ0) is 19.2. The lowest BCUT2D eigenvalue weighted by molar-refractivity contribution is -0.120. The molecule has 1 heterocycles. The van der Waals surface area contributed by atoms with Crippen LogP contribution >= 0.6 is 11.8 Å². The lowest BCUT2D eigenvalue weighted by Crippen LogP contribution is -2.44. The molecule has 1 amide bonds. The normalized spacial score (nSPS) is 22.6. The van der Waals surface area contributed by atoms with Gasteiger partial charge in [-0.05, 0) is 30.7 Å². The Morgan fingerprint density at radius 2 is 2.00 bits per heavy atom. The van der Waals surface area contributed by atoms with Crippen LogP contribution in [0.25, 0.3) is 0 Å². The molecule has 1 aromatic carbocycles. The summed E-state index contributed by atoms with van der Waals surface area (Å²) in [5.41, 5.74) is 1.22. The summed E-state index contributed by atoms with van der Waals surface area (Å²) in [4.78, 5) is 12.4. The van der Waals surface area contributed by atoms with Gasteiger partial charge in [-0.3, -0.25) is 4.79 Å². The number of thioether (sulfide) groups is 1. The van der Waals surface area contributed by atoms with E-state index in [2.05, 4.69) is 53.0 Å². The number of rotatable bonds is 7. The van der Waals surface area contributed by atoms with E-state index >= 15 is 0 Å². The Labute approximate surface area is 166 Å². The average Bonchev–Trinajstić information content (AvgIpc) is 3.06. The monoisotopic (exact) mass is 386 g/mol. The number of nitrogens with one attached hydrogen (secondary N) is 1. The summed E-state index contributed by atoms with van der Waals surface area (Å²) in [5, 5.41) is 12.7. The molecule has 1 saturated carbocycles. The molecule has 0 spiro atoms. The van der Waals surface area contributed by atoms with Crippen molar-refractivity contribution in [1.29, 1.82) is 0 Å². The first-order chi connectivity index (χ1) is 13.1. The summed E-state index contributed by atoms with van der Waals surface area (Å²) < 4.78 is 2.11. The van der Waals surface area contributed by atoms with Crippen molar-refractivity contribution in [2.24, 2.45) is 11.8 Å². The molecule has 0 saturated heterocycles. The summed E-state index contributed by atoms with van der Waals surface area (Å²) in [6.45, 7) is 7.44. The summed E-state index contributed by atoms with van der Waals surface area (Å²) in [6.07, 6.45) is 4.32. The first kappa shape index (κ1) is 19.9. The van der Waals surface area contributed by atoms with E-state index < -0.39 is 0 Å². The molecular weight excluding hydrogens is 356 g/mol. The van der Waals surface area contributed by atoms with Gasteiger partial charge in [0.25, 0.3) is 0 Å². The molecule has 3 unspecified atom stereocenters. The molecule has 1 aliphatic rings. The zero-order valence-corrected chi connectivity index (χ0v) is 17.3. The van der Waals surface area contributed by atoms with E-state index in [0.29, 0.717) is 23.6 Å². The number of aromatic nitrogens is 3. The van der Waals surface area contributed by atoms with Gasteiger partial charge >= 0.3 is 0 Å². The number of carbonyl (C=O) groups is 1. The number of benzene rings is 1. The van der Waals surface area contributed by atoms with Crippen molar-refractivity contribution in [2.75, 3.05) is 5.75 Å². The molecule has 1 N–H and O–H groups in total. The number of hydrogen-bond acceptors (Lipinski definition) is 4. The van der Waals surface area contributed by atoms with Crippen molar-refractivity contribution < 1.29 is 4.79 Å². The van der Waals surface area contributed by atoms with Gasteiger partial charge in [0.2, 0.25) is 5.91 Å². The van der Waals surface area contributed by atoms with Gasteiger partial charge in [0, 0.05) is 19.0 Å². The molecule has 5 nitrogen and oxygen atoms in total. The van der Waals surface area contributed by atoms with Crippen LogP contribution in [0.2, 0.25) is 0 Å². The van der Waals surface area contributed by atoms with Gasteiger partial charge in [0.15, 0.2) is 5.16 Å². The Morgan fingerprint density at radius 3 is 2.74 bits per heavy atom. The summed E-state index contributed by atoms with van der Waals surface area (Å²) in [7, 11) is 0. The number of amides is 1. The highest BCUT2D eigenvalue weighted by Gasteiger charge is 2.28. The van der Waals surface area contributed by atoms with Crippen molar-refractivity contribution >= 4 is 17.7 Å². The maximum absolute atomic E-state index is 12.4. The molecule has 0 radical (unpaired) electrons. The molecule has 2 aromatic rings. The largest absolute Gasteiger partial charge is 0.352 e. The molecule has 146 valence electrons. The Bertz CT molecular complexity index is 746. The third kappa shape index (κ3) is 5.12. The minimum Gasteiger partial charge on any atom is -0.352 e. The maximum Gasteiger partial charge on any atom is 0.230 e. The Balaban J connectivity index is 1.57. The lowest BCUT2D eigenvalue weighted by Gasteiger charge is -2.34. The second-order valence-electron chi connectivity index (χ2n) is 7.54. The smallest absolute Gasteiger partial charge is 0.230 e. The van der Waals surface area contributed by atoms with Crippen LogP contribution in [0.4, 0.5) is 0 Å². The van der Waals surface area contributed by atoms with E-state index in [4.69, 9.17) is 0 Å². The maximum atomic E-state index is 12.4. The minimum absolute atomic E-state index is 0.0983. The molecule has 0 aliphatic heterocycles. The predicted molar refractivity (Wildman–Crippen MR) is 110 cm³/mol. The van der Waals surface area contributed by atoms with E-state index in [1.807, 2.05) is 18.2 Å².